The Morgan fingerprint density at radius 3 is 2.69 bits per heavy atom. The number of nitro benzene ring substituents is 1. The topological polar surface area (TPSA) is 98.6 Å². The lowest BCUT2D eigenvalue weighted by Gasteiger charge is -2.27. The van der Waals surface area contributed by atoms with Crippen molar-refractivity contribution in [2.45, 2.75) is 32.5 Å². The smallest absolute Gasteiger partial charge is 0.271 e. The van der Waals surface area contributed by atoms with Gasteiger partial charge in [0.2, 0.25) is 0 Å². The number of pyridine rings is 1. The maximum absolute atomic E-state index is 11.5. The Hall–Kier alpha value is -4.18. The standard InChI is InChI=1S/C26H25N5O4S/c1-16-13-20(17(2)30(16)22-14-18(31(32)33)9-10-23(22)34-3)25-24(21-8-4-5-11-27-21)28-26(36)29(25)15-19-7-6-12-35-19/h4-14,24-25H,15H2,1-3H3,(H,28,36)/t24-,25-/m1/s1. The van der Waals surface area contributed by atoms with E-state index in [1.165, 1.54) is 12.1 Å². The maximum Gasteiger partial charge on any atom is 0.271 e. The van der Waals surface area contributed by atoms with E-state index in [4.69, 9.17) is 21.4 Å². The molecular formula is C26H25N5O4S. The summed E-state index contributed by atoms with van der Waals surface area (Å²) >= 11 is 5.77. The van der Waals surface area contributed by atoms with E-state index in [0.717, 1.165) is 28.4 Å². The lowest BCUT2D eigenvalue weighted by Crippen LogP contribution is -2.29. The number of benzene rings is 1. The molecule has 0 aliphatic carbocycles. The van der Waals surface area contributed by atoms with Gasteiger partial charge >= 0.3 is 0 Å². The fraction of sp³-hybridized carbons (Fsp3) is 0.231. The largest absolute Gasteiger partial charge is 0.495 e. The molecule has 9 nitrogen and oxygen atoms in total. The first kappa shape index (κ1) is 23.6. The Labute approximate surface area is 213 Å². The SMILES string of the molecule is COc1ccc([N+](=O)[O-])cc1-n1c(C)cc([C@@H]2[C@@H](c3ccccn3)NC(=S)N2Cc2ccco2)c1C. The van der Waals surface area contributed by atoms with E-state index in [1.54, 1.807) is 25.6 Å². The van der Waals surface area contributed by atoms with Crippen LogP contribution in [0.1, 0.15) is 40.5 Å². The predicted molar refractivity (Wildman–Crippen MR) is 138 cm³/mol. The van der Waals surface area contributed by atoms with Gasteiger partial charge < -0.3 is 23.9 Å². The Morgan fingerprint density at radius 2 is 2.03 bits per heavy atom. The van der Waals surface area contributed by atoms with E-state index in [0.29, 0.717) is 23.1 Å². The first-order valence-electron chi connectivity index (χ1n) is 11.4. The number of nitrogens with zero attached hydrogens (tertiary/aromatic N) is 4. The number of nitro groups is 1. The zero-order valence-corrected chi connectivity index (χ0v) is 20.9. The van der Waals surface area contributed by atoms with Crippen LogP contribution < -0.4 is 10.1 Å². The number of methoxy groups -OCH3 is 1. The van der Waals surface area contributed by atoms with Crippen LogP contribution in [0.3, 0.4) is 0 Å². The minimum absolute atomic E-state index is 0.00521. The summed E-state index contributed by atoms with van der Waals surface area (Å²) < 4.78 is 13.2. The quantitative estimate of drug-likeness (QED) is 0.209. The van der Waals surface area contributed by atoms with Crippen LogP contribution in [0, 0.1) is 24.0 Å². The van der Waals surface area contributed by atoms with E-state index in [1.807, 2.05) is 48.7 Å². The number of thiocarbonyl (C=S) groups is 1. The number of hydrogen-bond donors (Lipinski definition) is 1. The van der Waals surface area contributed by atoms with Crippen molar-refractivity contribution in [2.24, 2.45) is 0 Å². The molecule has 1 aliphatic heterocycles. The van der Waals surface area contributed by atoms with E-state index >= 15 is 0 Å². The highest BCUT2D eigenvalue weighted by Gasteiger charge is 2.41. The summed E-state index contributed by atoms with van der Waals surface area (Å²) in [7, 11) is 1.56. The summed E-state index contributed by atoms with van der Waals surface area (Å²) in [6.45, 7) is 4.46. The van der Waals surface area contributed by atoms with Gasteiger partial charge in [-0.05, 0) is 68.0 Å². The molecule has 5 rings (SSSR count). The summed E-state index contributed by atoms with van der Waals surface area (Å²) in [5, 5.41) is 15.6. The van der Waals surface area contributed by atoms with Gasteiger partial charge in [0.15, 0.2) is 5.11 Å². The van der Waals surface area contributed by atoms with Gasteiger partial charge in [-0.2, -0.15) is 0 Å². The molecular weight excluding hydrogens is 478 g/mol. The number of aryl methyl sites for hydroxylation is 1. The lowest BCUT2D eigenvalue weighted by atomic mass is 9.96. The first-order valence-corrected chi connectivity index (χ1v) is 11.8. The molecule has 2 atom stereocenters. The molecule has 1 aliphatic rings. The maximum atomic E-state index is 11.5. The van der Waals surface area contributed by atoms with Gasteiger partial charge in [0.25, 0.3) is 5.69 Å². The van der Waals surface area contributed by atoms with Gasteiger partial charge in [0.05, 0.1) is 48.3 Å². The molecule has 4 aromatic rings. The number of hydrogen-bond acceptors (Lipinski definition) is 6. The Bertz CT molecular complexity index is 1420. The molecule has 0 amide bonds. The van der Waals surface area contributed by atoms with Crippen LogP contribution in [0.4, 0.5) is 5.69 Å². The zero-order valence-electron chi connectivity index (χ0n) is 20.0. The fourth-order valence-corrected chi connectivity index (χ4v) is 5.21. The molecule has 10 heteroatoms. The Balaban J connectivity index is 1.66. The Morgan fingerprint density at radius 1 is 1.19 bits per heavy atom. The number of aromatic nitrogens is 2. The monoisotopic (exact) mass is 503 g/mol. The molecule has 4 heterocycles. The van der Waals surface area contributed by atoms with Crippen molar-refractivity contribution < 1.29 is 14.1 Å². The molecule has 1 saturated heterocycles. The fourth-order valence-electron chi connectivity index (χ4n) is 4.91. The second kappa shape index (κ2) is 9.46. The minimum atomic E-state index is -0.403. The zero-order chi connectivity index (χ0) is 25.4. The normalized spacial score (nSPS) is 17.3. The molecule has 1 N–H and O–H groups in total. The van der Waals surface area contributed by atoms with E-state index in [2.05, 4.69) is 21.3 Å². The summed E-state index contributed by atoms with van der Waals surface area (Å²) in [5.74, 6) is 1.34. The third-order valence-corrected chi connectivity index (χ3v) is 6.86. The molecule has 0 unspecified atom stereocenters. The first-order chi connectivity index (χ1) is 17.4. The number of ether oxygens (including phenoxy) is 1. The second-order valence-electron chi connectivity index (χ2n) is 8.61. The van der Waals surface area contributed by atoms with Gasteiger partial charge in [-0.25, -0.2) is 0 Å². The second-order valence-corrected chi connectivity index (χ2v) is 9.00. The molecule has 0 spiro atoms. The third-order valence-electron chi connectivity index (χ3n) is 6.51. The van der Waals surface area contributed by atoms with Gasteiger partial charge in [-0.3, -0.25) is 15.1 Å². The summed E-state index contributed by atoms with van der Waals surface area (Å²) in [5.41, 5.74) is 4.33. The van der Waals surface area contributed by atoms with Crippen LogP contribution in [0.25, 0.3) is 5.69 Å². The molecule has 3 aromatic heterocycles. The lowest BCUT2D eigenvalue weighted by molar-refractivity contribution is -0.384. The highest BCUT2D eigenvalue weighted by Crippen LogP contribution is 2.43. The molecule has 0 saturated carbocycles. The average molecular weight is 504 g/mol. The van der Waals surface area contributed by atoms with Crippen LogP contribution in [0.5, 0.6) is 5.75 Å². The van der Waals surface area contributed by atoms with Crippen molar-refractivity contribution in [2.75, 3.05) is 7.11 Å². The van der Waals surface area contributed by atoms with Gasteiger partial charge in [0.1, 0.15) is 11.5 Å². The van der Waals surface area contributed by atoms with Crippen LogP contribution in [-0.4, -0.2) is 31.6 Å². The predicted octanol–water partition coefficient (Wildman–Crippen LogP) is 5.17. The van der Waals surface area contributed by atoms with Crippen molar-refractivity contribution in [1.82, 2.24) is 19.8 Å². The van der Waals surface area contributed by atoms with E-state index < -0.39 is 4.92 Å². The van der Waals surface area contributed by atoms with E-state index in [-0.39, 0.29) is 17.8 Å². The summed E-state index contributed by atoms with van der Waals surface area (Å²) in [4.78, 5) is 17.8. The van der Waals surface area contributed by atoms with Gasteiger partial charge in [0, 0.05) is 29.7 Å². The van der Waals surface area contributed by atoms with Crippen LogP contribution in [0.2, 0.25) is 0 Å². The highest BCUT2D eigenvalue weighted by atomic mass is 32.1. The number of rotatable bonds is 7. The van der Waals surface area contributed by atoms with Crippen LogP contribution in [-0.2, 0) is 6.54 Å². The van der Waals surface area contributed by atoms with Gasteiger partial charge in [-0.15, -0.1) is 0 Å². The molecule has 1 fully saturated rings. The molecule has 1 aromatic carbocycles. The van der Waals surface area contributed by atoms with Crippen molar-refractivity contribution in [3.63, 3.8) is 0 Å². The molecule has 0 bridgehead atoms. The van der Waals surface area contributed by atoms with Crippen LogP contribution >= 0.6 is 12.2 Å². The molecule has 36 heavy (non-hydrogen) atoms. The third kappa shape index (κ3) is 4.09. The van der Waals surface area contributed by atoms with Crippen molar-refractivity contribution >= 4 is 23.0 Å². The molecule has 184 valence electrons. The van der Waals surface area contributed by atoms with Crippen molar-refractivity contribution in [1.29, 1.82) is 0 Å². The summed E-state index contributed by atoms with van der Waals surface area (Å²) in [6, 6.07) is 15.9. The molecule has 0 radical (unpaired) electrons. The minimum Gasteiger partial charge on any atom is -0.495 e. The summed E-state index contributed by atoms with van der Waals surface area (Å²) in [6.07, 6.45) is 3.41. The number of nitrogens with one attached hydrogen (secondary N) is 1. The van der Waals surface area contributed by atoms with Crippen LogP contribution in [0.15, 0.2) is 71.5 Å². The average Bonchev–Trinajstić information content (AvgIpc) is 3.58. The Kier molecular flexibility index (Phi) is 6.19. The van der Waals surface area contributed by atoms with Crippen molar-refractivity contribution in [3.8, 4) is 11.4 Å². The highest BCUT2D eigenvalue weighted by molar-refractivity contribution is 7.80. The van der Waals surface area contributed by atoms with Crippen molar-refractivity contribution in [3.05, 3.63) is 106 Å². The number of non-ortho nitro benzene ring substituents is 1. The van der Waals surface area contributed by atoms with Gasteiger partial charge in [-0.1, -0.05) is 6.07 Å². The van der Waals surface area contributed by atoms with E-state index in [9.17, 15) is 10.1 Å². The number of furan rings is 1.